The summed E-state index contributed by atoms with van der Waals surface area (Å²) in [6.45, 7) is 1.43. The second-order valence-corrected chi connectivity index (χ2v) is 4.27. The van der Waals surface area contributed by atoms with Crippen molar-refractivity contribution in [3.05, 3.63) is 59.2 Å². The first-order valence-corrected chi connectivity index (χ1v) is 6.24. The first-order chi connectivity index (χ1) is 10.1. The van der Waals surface area contributed by atoms with Gasteiger partial charge in [0.25, 0.3) is 5.91 Å². The summed E-state index contributed by atoms with van der Waals surface area (Å²) in [7, 11) is 0. The first-order valence-electron chi connectivity index (χ1n) is 6.24. The van der Waals surface area contributed by atoms with Crippen molar-refractivity contribution in [2.24, 2.45) is 0 Å². The van der Waals surface area contributed by atoms with Gasteiger partial charge < -0.3 is 10.4 Å². The highest BCUT2D eigenvalue weighted by Gasteiger charge is 2.09. The maximum atomic E-state index is 13.5. The van der Waals surface area contributed by atoms with E-state index in [2.05, 4.69) is 22.1 Å². The highest BCUT2D eigenvalue weighted by atomic mass is 19.1. The summed E-state index contributed by atoms with van der Waals surface area (Å²) in [5.41, 5.74) is 1.53. The fraction of sp³-hybridized carbons (Fsp3) is 0.125. The van der Waals surface area contributed by atoms with Crippen LogP contribution in [0.2, 0.25) is 0 Å². The average molecular weight is 284 g/mol. The number of anilines is 1. The van der Waals surface area contributed by atoms with Crippen LogP contribution in [-0.4, -0.2) is 22.6 Å². The fourth-order valence-corrected chi connectivity index (χ4v) is 1.70. The highest BCUT2D eigenvalue weighted by Crippen LogP contribution is 2.15. The van der Waals surface area contributed by atoms with Crippen molar-refractivity contribution >= 4 is 11.6 Å². The number of aromatic nitrogens is 1. The lowest BCUT2D eigenvalue weighted by Crippen LogP contribution is -2.14. The predicted molar refractivity (Wildman–Crippen MR) is 77.3 cm³/mol. The molecule has 1 amide bonds. The molecule has 4 nitrogen and oxygen atoms in total. The summed E-state index contributed by atoms with van der Waals surface area (Å²) in [4.78, 5) is 16.1. The van der Waals surface area contributed by atoms with Crippen LogP contribution in [-0.2, 0) is 0 Å². The van der Waals surface area contributed by atoms with Crippen LogP contribution < -0.4 is 5.32 Å². The van der Waals surface area contributed by atoms with E-state index in [1.807, 2.05) is 0 Å². The number of carbonyl (C=O) groups excluding carboxylic acids is 1. The first kappa shape index (κ1) is 14.7. The predicted octanol–water partition coefficient (Wildman–Crippen LogP) is 2.13. The molecule has 0 aliphatic heterocycles. The highest BCUT2D eigenvalue weighted by molar-refractivity contribution is 6.02. The maximum absolute atomic E-state index is 13.5. The molecule has 0 aliphatic carbocycles. The van der Waals surface area contributed by atoms with Crippen LogP contribution in [0.1, 0.15) is 21.7 Å². The summed E-state index contributed by atoms with van der Waals surface area (Å²) >= 11 is 0. The molecule has 0 spiro atoms. The van der Waals surface area contributed by atoms with E-state index in [0.29, 0.717) is 5.69 Å². The molecule has 106 valence electrons. The van der Waals surface area contributed by atoms with E-state index in [9.17, 15) is 9.18 Å². The van der Waals surface area contributed by atoms with Crippen molar-refractivity contribution in [2.75, 3.05) is 11.9 Å². The number of carbonyl (C=O) groups is 1. The normalized spacial score (nSPS) is 9.67. The van der Waals surface area contributed by atoms with Crippen molar-refractivity contribution in [2.45, 2.75) is 6.92 Å². The smallest absolute Gasteiger partial charge is 0.274 e. The second-order valence-electron chi connectivity index (χ2n) is 4.27. The average Bonchev–Trinajstić information content (AvgIpc) is 2.47. The molecule has 0 saturated carbocycles. The molecule has 0 aliphatic rings. The topological polar surface area (TPSA) is 62.2 Å². The number of aliphatic hydroxyl groups is 1. The van der Waals surface area contributed by atoms with E-state index >= 15 is 0 Å². The Balaban J connectivity index is 2.21. The molecule has 1 aromatic carbocycles. The number of nitrogens with one attached hydrogen (secondary N) is 1. The molecule has 1 aromatic heterocycles. The van der Waals surface area contributed by atoms with E-state index in [4.69, 9.17) is 5.11 Å². The number of benzene rings is 1. The second kappa shape index (κ2) is 6.64. The molecule has 1 heterocycles. The van der Waals surface area contributed by atoms with Gasteiger partial charge in [0.05, 0.1) is 5.56 Å². The summed E-state index contributed by atoms with van der Waals surface area (Å²) < 4.78 is 13.5. The van der Waals surface area contributed by atoms with Gasteiger partial charge in [-0.25, -0.2) is 9.37 Å². The molecule has 5 heteroatoms. The Labute approximate surface area is 121 Å². The quantitative estimate of drug-likeness (QED) is 0.830. The maximum Gasteiger partial charge on any atom is 0.274 e. The van der Waals surface area contributed by atoms with Crippen molar-refractivity contribution in [3.63, 3.8) is 0 Å². The Morgan fingerprint density at radius 1 is 1.38 bits per heavy atom. The molecule has 2 rings (SSSR count). The van der Waals surface area contributed by atoms with Crippen molar-refractivity contribution in [1.82, 2.24) is 4.98 Å². The number of nitrogens with zero attached hydrogens (tertiary/aromatic N) is 1. The standard InChI is InChI=1S/C16H13FN2O2/c1-11-4-2-6-15(18-11)16(21)19-13-7-8-14(17)12(10-13)5-3-9-20/h2,4,6-8,10,20H,9H2,1H3,(H,19,21). The lowest BCUT2D eigenvalue weighted by Gasteiger charge is -2.06. The third-order valence-corrected chi connectivity index (χ3v) is 2.65. The van der Waals surface area contributed by atoms with E-state index in [1.165, 1.54) is 18.2 Å². The zero-order valence-corrected chi connectivity index (χ0v) is 11.4. The summed E-state index contributed by atoms with van der Waals surface area (Å²) in [5.74, 6) is 3.95. The molecule has 2 N–H and O–H groups in total. The molecule has 0 atom stereocenters. The monoisotopic (exact) mass is 284 g/mol. The van der Waals surface area contributed by atoms with Gasteiger partial charge in [0, 0.05) is 11.4 Å². The number of hydrogen-bond donors (Lipinski definition) is 2. The lowest BCUT2D eigenvalue weighted by atomic mass is 10.2. The Hall–Kier alpha value is -2.71. The minimum Gasteiger partial charge on any atom is -0.384 e. The third kappa shape index (κ3) is 3.88. The van der Waals surface area contributed by atoms with Gasteiger partial charge in [-0.05, 0) is 37.3 Å². The van der Waals surface area contributed by atoms with Crippen molar-refractivity contribution in [1.29, 1.82) is 0 Å². The Morgan fingerprint density at radius 2 is 2.19 bits per heavy atom. The van der Waals surface area contributed by atoms with Crippen molar-refractivity contribution < 1.29 is 14.3 Å². The van der Waals surface area contributed by atoms with Gasteiger partial charge in [0.1, 0.15) is 18.1 Å². The van der Waals surface area contributed by atoms with Crippen LogP contribution in [0.25, 0.3) is 0 Å². The van der Waals surface area contributed by atoms with Crippen molar-refractivity contribution in [3.8, 4) is 11.8 Å². The largest absolute Gasteiger partial charge is 0.384 e. The zero-order valence-electron chi connectivity index (χ0n) is 11.4. The van der Waals surface area contributed by atoms with E-state index in [-0.39, 0.29) is 23.8 Å². The summed E-state index contributed by atoms with van der Waals surface area (Å²) in [5, 5.41) is 11.3. The Kier molecular flexibility index (Phi) is 4.64. The number of rotatable bonds is 2. The number of halogens is 1. The number of aryl methyl sites for hydroxylation is 1. The molecule has 0 bridgehead atoms. The number of hydrogen-bond acceptors (Lipinski definition) is 3. The SMILES string of the molecule is Cc1cccc(C(=O)Nc2ccc(F)c(C#CCO)c2)n1. The van der Waals surface area contributed by atoms with Gasteiger partial charge in [0.15, 0.2) is 0 Å². The fourth-order valence-electron chi connectivity index (χ4n) is 1.70. The van der Waals surface area contributed by atoms with Gasteiger partial charge in [0.2, 0.25) is 0 Å². The van der Waals surface area contributed by atoms with Gasteiger partial charge in [-0.15, -0.1) is 0 Å². The van der Waals surface area contributed by atoms with E-state index in [0.717, 1.165) is 5.69 Å². The molecule has 0 radical (unpaired) electrons. The van der Waals surface area contributed by atoms with Crippen LogP contribution in [0, 0.1) is 24.6 Å². The van der Waals surface area contributed by atoms with Crippen LogP contribution >= 0.6 is 0 Å². The third-order valence-electron chi connectivity index (χ3n) is 2.65. The van der Waals surface area contributed by atoms with Gasteiger partial charge in [-0.3, -0.25) is 4.79 Å². The Bertz CT molecular complexity index is 733. The van der Waals surface area contributed by atoms with Gasteiger partial charge in [-0.2, -0.15) is 0 Å². The van der Waals surface area contributed by atoms with E-state index in [1.54, 1.807) is 25.1 Å². The van der Waals surface area contributed by atoms with E-state index < -0.39 is 5.82 Å². The zero-order chi connectivity index (χ0) is 15.2. The summed E-state index contributed by atoms with van der Waals surface area (Å²) in [6.07, 6.45) is 0. The number of aliphatic hydroxyl groups excluding tert-OH is 1. The molecular weight excluding hydrogens is 271 g/mol. The number of amides is 1. The van der Waals surface area contributed by atoms with Crippen LogP contribution in [0.15, 0.2) is 36.4 Å². The minimum absolute atomic E-state index is 0.110. The van der Waals surface area contributed by atoms with Crippen LogP contribution in [0.5, 0.6) is 0 Å². The molecular formula is C16H13FN2O2. The Morgan fingerprint density at radius 3 is 2.90 bits per heavy atom. The molecule has 21 heavy (non-hydrogen) atoms. The lowest BCUT2D eigenvalue weighted by molar-refractivity contribution is 0.102. The molecule has 0 saturated heterocycles. The molecule has 2 aromatic rings. The van der Waals surface area contributed by atoms with Crippen LogP contribution in [0.3, 0.4) is 0 Å². The molecule has 0 unspecified atom stereocenters. The molecule has 0 fully saturated rings. The summed E-state index contributed by atoms with van der Waals surface area (Å²) in [6, 6.07) is 9.18. The number of pyridine rings is 1. The van der Waals surface area contributed by atoms with Gasteiger partial charge >= 0.3 is 0 Å². The van der Waals surface area contributed by atoms with Gasteiger partial charge in [-0.1, -0.05) is 17.9 Å². The van der Waals surface area contributed by atoms with Crippen LogP contribution in [0.4, 0.5) is 10.1 Å². The minimum atomic E-state index is -0.511.